The van der Waals surface area contributed by atoms with Crippen LogP contribution in [0.15, 0.2) is 18.2 Å². The summed E-state index contributed by atoms with van der Waals surface area (Å²) in [5, 5.41) is 2.68. The first-order chi connectivity index (χ1) is 11.5. The van der Waals surface area contributed by atoms with Crippen molar-refractivity contribution < 1.29 is 47.0 Å². The van der Waals surface area contributed by atoms with Gasteiger partial charge in [-0.25, -0.2) is 4.79 Å². The molecular weight excluding hydrogens is 393 g/mol. The van der Waals surface area contributed by atoms with Gasteiger partial charge in [-0.2, -0.15) is 30.4 Å². The summed E-state index contributed by atoms with van der Waals surface area (Å²) in [5.41, 5.74) is 3.00. The maximum absolute atomic E-state index is 12.1. The molecule has 1 unspecified atom stereocenters. The number of ether oxygens (including phenoxy) is 1. The van der Waals surface area contributed by atoms with Crippen molar-refractivity contribution in [3.63, 3.8) is 0 Å². The fraction of sp³-hybridized carbons (Fsp3) is 0.474. The van der Waals surface area contributed by atoms with Crippen molar-refractivity contribution in [2.24, 2.45) is 5.92 Å². The van der Waals surface area contributed by atoms with E-state index in [9.17, 15) is 9.59 Å². The number of carbonyl (C=O) groups excluding carboxylic acids is 2. The van der Waals surface area contributed by atoms with Crippen molar-refractivity contribution in [1.82, 2.24) is 5.32 Å². The fourth-order valence-corrected chi connectivity index (χ4v) is 3.39. The molecule has 1 saturated heterocycles. The molecule has 0 spiro atoms. The quantitative estimate of drug-likeness (QED) is 0.750. The number of carbonyl (C=O) groups is 2. The first kappa shape index (κ1) is 20.2. The van der Waals surface area contributed by atoms with Gasteiger partial charge in [0.2, 0.25) is 5.91 Å². The molecule has 1 radical (unpaired) electrons. The van der Waals surface area contributed by atoms with Crippen molar-refractivity contribution in [2.75, 3.05) is 18.0 Å². The minimum absolute atomic E-state index is 0. The van der Waals surface area contributed by atoms with Crippen molar-refractivity contribution in [1.29, 1.82) is 0 Å². The van der Waals surface area contributed by atoms with Gasteiger partial charge in [0.25, 0.3) is 0 Å². The minimum atomic E-state index is -0.373. The number of nitrogens with one attached hydrogen (secondary N) is 1. The van der Waals surface area contributed by atoms with Crippen LogP contribution >= 0.6 is 0 Å². The van der Waals surface area contributed by atoms with Crippen LogP contribution in [0.3, 0.4) is 0 Å². The Balaban J connectivity index is 0.00000225. The molecule has 1 aliphatic carbocycles. The molecule has 1 aromatic rings. The second-order valence-corrected chi connectivity index (χ2v) is 6.64. The summed E-state index contributed by atoms with van der Waals surface area (Å²) in [6, 6.07) is 5.98. The maximum Gasteiger partial charge on any atom is 0.413 e. The molecule has 25 heavy (non-hydrogen) atoms. The Morgan fingerprint density at radius 3 is 2.92 bits per heavy atom. The largest absolute Gasteiger partial charge is 0.442 e. The Hall–Kier alpha value is -1.07. The zero-order chi connectivity index (χ0) is 17.1. The minimum Gasteiger partial charge on any atom is -0.442 e. The summed E-state index contributed by atoms with van der Waals surface area (Å²) < 4.78 is 5.30. The average Bonchev–Trinajstić information content (AvgIpc) is 3.17. The third kappa shape index (κ3) is 5.21. The van der Waals surface area contributed by atoms with E-state index in [1.165, 1.54) is 31.7 Å². The first-order valence-corrected chi connectivity index (χ1v) is 8.53. The van der Waals surface area contributed by atoms with Gasteiger partial charge in [0.05, 0.1) is 13.1 Å². The Bertz CT molecular complexity index is 629. The van der Waals surface area contributed by atoms with E-state index in [4.69, 9.17) is 4.74 Å². The monoisotopic (exact) mass is 417 g/mol. The SMILES string of the molecule is [CH2-]c1cc(N2C[C@H](CNC(C)=O)OC2=O)ccc1CC1[CH-]CCC1.[Y]. The molecule has 5 nitrogen and oxygen atoms in total. The third-order valence-electron chi connectivity index (χ3n) is 4.72. The summed E-state index contributed by atoms with van der Waals surface area (Å²) in [4.78, 5) is 24.7. The van der Waals surface area contributed by atoms with Crippen LogP contribution in [0.4, 0.5) is 10.5 Å². The molecular formula is C19H24N2O3Y-2. The predicted molar refractivity (Wildman–Crippen MR) is 92.5 cm³/mol. The second kappa shape index (κ2) is 9.04. The van der Waals surface area contributed by atoms with Gasteiger partial charge in [0, 0.05) is 39.6 Å². The molecule has 133 valence electrons. The van der Waals surface area contributed by atoms with Crippen LogP contribution in [-0.2, 0) is 48.7 Å². The van der Waals surface area contributed by atoms with E-state index < -0.39 is 0 Å². The average molecular weight is 417 g/mol. The summed E-state index contributed by atoms with van der Waals surface area (Å²) in [5.74, 6) is 0.521. The normalized spacial score (nSPS) is 22.4. The van der Waals surface area contributed by atoms with E-state index in [-0.39, 0.29) is 50.8 Å². The van der Waals surface area contributed by atoms with Crippen LogP contribution in [-0.4, -0.2) is 31.2 Å². The molecule has 0 aromatic heterocycles. The predicted octanol–water partition coefficient (Wildman–Crippen LogP) is 2.87. The number of benzene rings is 1. The Kier molecular flexibility index (Phi) is 7.32. The summed E-state index contributed by atoms with van der Waals surface area (Å²) >= 11 is 0. The molecule has 6 heteroatoms. The van der Waals surface area contributed by atoms with Crippen LogP contribution in [0.1, 0.15) is 37.3 Å². The van der Waals surface area contributed by atoms with Gasteiger partial charge in [-0.15, -0.1) is 12.1 Å². The Labute approximate surface area is 174 Å². The molecule has 1 N–H and O–H groups in total. The van der Waals surface area contributed by atoms with Crippen molar-refractivity contribution in [3.8, 4) is 0 Å². The molecule has 2 aliphatic rings. The second-order valence-electron chi connectivity index (χ2n) is 6.64. The molecule has 2 amide bonds. The number of hydrogen-bond acceptors (Lipinski definition) is 3. The zero-order valence-electron chi connectivity index (χ0n) is 14.7. The smallest absolute Gasteiger partial charge is 0.413 e. The van der Waals surface area contributed by atoms with E-state index >= 15 is 0 Å². The van der Waals surface area contributed by atoms with Gasteiger partial charge in [0.15, 0.2) is 0 Å². The number of amides is 2. The molecule has 1 saturated carbocycles. The Morgan fingerprint density at radius 2 is 2.28 bits per heavy atom. The van der Waals surface area contributed by atoms with Gasteiger partial charge >= 0.3 is 6.09 Å². The van der Waals surface area contributed by atoms with Gasteiger partial charge in [0.1, 0.15) is 6.10 Å². The summed E-state index contributed by atoms with van der Waals surface area (Å²) in [6.45, 7) is 6.37. The van der Waals surface area contributed by atoms with E-state index in [0.29, 0.717) is 19.0 Å². The molecule has 3 rings (SSSR count). The van der Waals surface area contributed by atoms with Crippen LogP contribution in [0, 0.1) is 19.3 Å². The molecule has 2 fully saturated rings. The maximum atomic E-state index is 12.1. The van der Waals surface area contributed by atoms with Crippen molar-refractivity contribution in [2.45, 2.75) is 38.7 Å². The fourth-order valence-electron chi connectivity index (χ4n) is 3.39. The third-order valence-corrected chi connectivity index (χ3v) is 4.72. The van der Waals surface area contributed by atoms with Crippen LogP contribution < -0.4 is 10.2 Å². The number of cyclic esters (lactones) is 1. The first-order valence-electron chi connectivity index (χ1n) is 8.53. The standard InChI is InChI=1S/C19H24N2O3.Y/c1-13-9-17(8-7-16(13)10-15-5-3-4-6-15)21-12-18(24-19(21)23)11-20-14(2)22;/h5,7-9,15,18H,1,3-4,6,10-12H2,2H3,(H,20,22);/q-2;/t15?,18-;/m0./s1. The van der Waals surface area contributed by atoms with Crippen LogP contribution in [0.2, 0.25) is 0 Å². The zero-order valence-corrected chi connectivity index (χ0v) is 17.5. The molecule has 0 bridgehead atoms. The number of rotatable bonds is 5. The number of nitrogens with zero attached hydrogens (tertiary/aromatic N) is 1. The molecule has 1 aliphatic heterocycles. The summed E-state index contributed by atoms with van der Waals surface area (Å²) in [7, 11) is 0. The van der Waals surface area contributed by atoms with Gasteiger partial charge in [-0.05, 0) is 5.69 Å². The van der Waals surface area contributed by atoms with Gasteiger partial charge in [-0.1, -0.05) is 25.3 Å². The topological polar surface area (TPSA) is 58.6 Å². The molecule has 1 heterocycles. The molecule has 1 aromatic carbocycles. The van der Waals surface area contributed by atoms with E-state index in [2.05, 4.69) is 24.7 Å². The molecule has 2 atom stereocenters. The van der Waals surface area contributed by atoms with E-state index in [1.807, 2.05) is 12.1 Å². The summed E-state index contributed by atoms with van der Waals surface area (Å²) in [6.07, 6.45) is 6.48. The van der Waals surface area contributed by atoms with Crippen molar-refractivity contribution in [3.05, 3.63) is 42.7 Å². The van der Waals surface area contributed by atoms with E-state index in [1.54, 1.807) is 4.90 Å². The number of hydrogen-bond donors (Lipinski definition) is 1. The van der Waals surface area contributed by atoms with E-state index in [0.717, 1.165) is 17.7 Å². The van der Waals surface area contributed by atoms with Gasteiger partial charge in [-0.3, -0.25) is 9.69 Å². The number of anilines is 1. The van der Waals surface area contributed by atoms with Crippen LogP contribution in [0.25, 0.3) is 0 Å². The van der Waals surface area contributed by atoms with Gasteiger partial charge < -0.3 is 16.5 Å². The van der Waals surface area contributed by atoms with Crippen LogP contribution in [0.5, 0.6) is 0 Å². The van der Waals surface area contributed by atoms with Crippen molar-refractivity contribution >= 4 is 17.7 Å². The Morgan fingerprint density at radius 1 is 1.48 bits per heavy atom.